The third kappa shape index (κ3) is 5.84. The molecule has 0 bridgehead atoms. The Balaban J connectivity index is 1.36. The zero-order chi connectivity index (χ0) is 19.1. The van der Waals surface area contributed by atoms with Gasteiger partial charge in [0, 0.05) is 38.4 Å². The highest BCUT2D eigenvalue weighted by atomic mass is 32.1. The molecule has 2 aromatic carbocycles. The molecule has 0 amide bonds. The van der Waals surface area contributed by atoms with E-state index >= 15 is 0 Å². The lowest BCUT2D eigenvalue weighted by Gasteiger charge is -2.36. The normalized spacial score (nSPS) is 14.7. The van der Waals surface area contributed by atoms with Crippen LogP contribution in [0.15, 0.2) is 48.5 Å². The number of thiocarbonyl (C=S) groups is 1. The number of ether oxygens (including phenoxy) is 2. The lowest BCUT2D eigenvalue weighted by Crippen LogP contribution is -2.50. The summed E-state index contributed by atoms with van der Waals surface area (Å²) in [7, 11) is 1.66. The molecule has 0 radical (unpaired) electrons. The Hall–Kier alpha value is -2.31. The van der Waals surface area contributed by atoms with Crippen molar-refractivity contribution in [3.63, 3.8) is 0 Å². The number of aryl methyl sites for hydroxylation is 1. The summed E-state index contributed by atoms with van der Waals surface area (Å²) in [5, 5.41) is 4.13. The Labute approximate surface area is 166 Å². The lowest BCUT2D eigenvalue weighted by atomic mass is 10.2. The van der Waals surface area contributed by atoms with Gasteiger partial charge in [0.05, 0.1) is 7.11 Å². The van der Waals surface area contributed by atoms with Crippen molar-refractivity contribution in [2.24, 2.45) is 0 Å². The van der Waals surface area contributed by atoms with Gasteiger partial charge in [-0.05, 0) is 55.5 Å². The minimum absolute atomic E-state index is 0.679. The Morgan fingerprint density at radius 2 is 1.59 bits per heavy atom. The second-order valence-corrected chi connectivity index (χ2v) is 7.04. The number of nitrogens with zero attached hydrogens (tertiary/aromatic N) is 2. The number of methoxy groups -OCH3 is 1. The van der Waals surface area contributed by atoms with Gasteiger partial charge in [-0.25, -0.2) is 0 Å². The monoisotopic (exact) mass is 385 g/mol. The minimum atomic E-state index is 0.679. The number of benzene rings is 2. The second kappa shape index (κ2) is 9.58. The molecule has 6 heteroatoms. The van der Waals surface area contributed by atoms with E-state index in [-0.39, 0.29) is 0 Å². The maximum absolute atomic E-state index is 5.82. The van der Waals surface area contributed by atoms with Crippen LogP contribution in [0.4, 0.5) is 5.69 Å². The molecule has 144 valence electrons. The van der Waals surface area contributed by atoms with Gasteiger partial charge in [0.1, 0.15) is 18.1 Å². The molecule has 0 aromatic heterocycles. The van der Waals surface area contributed by atoms with Crippen LogP contribution in [0.25, 0.3) is 0 Å². The molecule has 2 aromatic rings. The van der Waals surface area contributed by atoms with E-state index in [9.17, 15) is 0 Å². The van der Waals surface area contributed by atoms with Crippen molar-refractivity contribution < 1.29 is 9.47 Å². The standard InChI is InChI=1S/C21H27N3O2S/c1-17-3-5-18(6-4-17)22-21(27)24-13-11-23(12-14-24)15-16-26-20-9-7-19(25-2)8-10-20/h3-10H,11-16H2,1-2H3,(H,22,27). The van der Waals surface area contributed by atoms with Crippen molar-refractivity contribution >= 4 is 23.0 Å². The predicted molar refractivity (Wildman–Crippen MR) is 114 cm³/mol. The maximum atomic E-state index is 5.82. The second-order valence-electron chi connectivity index (χ2n) is 6.65. The molecule has 0 aliphatic carbocycles. The van der Waals surface area contributed by atoms with Crippen LogP contribution in [0, 0.1) is 6.92 Å². The fraction of sp³-hybridized carbons (Fsp3) is 0.381. The molecule has 1 N–H and O–H groups in total. The SMILES string of the molecule is COc1ccc(OCCN2CCN(C(=S)Nc3ccc(C)cc3)CC2)cc1. The molecule has 5 nitrogen and oxygen atoms in total. The van der Waals surface area contributed by atoms with Crippen molar-refractivity contribution in [1.82, 2.24) is 9.80 Å². The van der Waals surface area contributed by atoms with Crippen LogP contribution >= 0.6 is 12.2 Å². The molecule has 0 unspecified atom stereocenters. The zero-order valence-electron chi connectivity index (χ0n) is 16.0. The first-order valence-electron chi connectivity index (χ1n) is 9.26. The number of anilines is 1. The smallest absolute Gasteiger partial charge is 0.173 e. The third-order valence-electron chi connectivity index (χ3n) is 4.70. The van der Waals surface area contributed by atoms with Gasteiger partial charge in [-0.1, -0.05) is 17.7 Å². The summed E-state index contributed by atoms with van der Waals surface area (Å²) in [5.41, 5.74) is 2.29. The van der Waals surface area contributed by atoms with Crippen LogP contribution in [-0.2, 0) is 0 Å². The van der Waals surface area contributed by atoms with Crippen LogP contribution in [0.3, 0.4) is 0 Å². The van der Waals surface area contributed by atoms with Crippen molar-refractivity contribution in [3.05, 3.63) is 54.1 Å². The third-order valence-corrected chi connectivity index (χ3v) is 5.06. The Morgan fingerprint density at radius 1 is 0.963 bits per heavy atom. The van der Waals surface area contributed by atoms with E-state index in [1.165, 1.54) is 5.56 Å². The van der Waals surface area contributed by atoms with E-state index in [2.05, 4.69) is 46.3 Å². The van der Waals surface area contributed by atoms with Gasteiger partial charge >= 0.3 is 0 Å². The van der Waals surface area contributed by atoms with Gasteiger partial charge in [0.25, 0.3) is 0 Å². The van der Waals surface area contributed by atoms with E-state index in [0.717, 1.165) is 55.0 Å². The molecule has 0 atom stereocenters. The van der Waals surface area contributed by atoms with Crippen LogP contribution in [0.1, 0.15) is 5.56 Å². The highest BCUT2D eigenvalue weighted by Crippen LogP contribution is 2.17. The van der Waals surface area contributed by atoms with Gasteiger partial charge in [-0.2, -0.15) is 0 Å². The van der Waals surface area contributed by atoms with Gasteiger partial charge < -0.3 is 19.7 Å². The summed E-state index contributed by atoms with van der Waals surface area (Å²) in [6, 6.07) is 16.0. The molecule has 0 saturated carbocycles. The van der Waals surface area contributed by atoms with E-state index in [1.54, 1.807) is 7.11 Å². The Morgan fingerprint density at radius 3 is 2.22 bits per heavy atom. The topological polar surface area (TPSA) is 37.0 Å². The largest absolute Gasteiger partial charge is 0.497 e. The Kier molecular flexibility index (Phi) is 6.90. The first-order chi connectivity index (χ1) is 13.1. The molecular weight excluding hydrogens is 358 g/mol. The van der Waals surface area contributed by atoms with Crippen LogP contribution in [-0.4, -0.2) is 61.4 Å². The molecule has 3 rings (SSSR count). The molecule has 1 aliphatic heterocycles. The molecule has 1 aliphatic rings. The summed E-state index contributed by atoms with van der Waals surface area (Å²) in [4.78, 5) is 4.64. The molecule has 1 heterocycles. The summed E-state index contributed by atoms with van der Waals surface area (Å²) >= 11 is 5.56. The van der Waals surface area contributed by atoms with Crippen molar-refractivity contribution in [2.75, 3.05) is 51.8 Å². The quantitative estimate of drug-likeness (QED) is 0.768. The van der Waals surface area contributed by atoms with E-state index in [0.29, 0.717) is 6.61 Å². The molecule has 1 saturated heterocycles. The zero-order valence-corrected chi connectivity index (χ0v) is 16.8. The minimum Gasteiger partial charge on any atom is -0.497 e. The highest BCUT2D eigenvalue weighted by molar-refractivity contribution is 7.80. The molecular formula is C21H27N3O2S. The summed E-state index contributed by atoms with van der Waals surface area (Å²) in [6.45, 7) is 7.51. The van der Waals surface area contributed by atoms with Crippen molar-refractivity contribution in [3.8, 4) is 11.5 Å². The fourth-order valence-corrected chi connectivity index (χ4v) is 3.28. The van der Waals surface area contributed by atoms with Gasteiger partial charge in [-0.3, -0.25) is 4.90 Å². The summed E-state index contributed by atoms with van der Waals surface area (Å²) in [6.07, 6.45) is 0. The first-order valence-corrected chi connectivity index (χ1v) is 9.67. The number of hydrogen-bond donors (Lipinski definition) is 1. The summed E-state index contributed by atoms with van der Waals surface area (Å²) in [5.74, 6) is 1.71. The number of nitrogens with one attached hydrogen (secondary N) is 1. The van der Waals surface area contributed by atoms with Gasteiger partial charge in [0.15, 0.2) is 5.11 Å². The molecule has 0 spiro atoms. The van der Waals surface area contributed by atoms with Crippen LogP contribution in [0.2, 0.25) is 0 Å². The lowest BCUT2D eigenvalue weighted by molar-refractivity contribution is 0.155. The Bertz CT molecular complexity index is 726. The molecule has 1 fully saturated rings. The fourth-order valence-electron chi connectivity index (χ4n) is 2.98. The predicted octanol–water partition coefficient (Wildman–Crippen LogP) is 3.40. The molecule has 27 heavy (non-hydrogen) atoms. The van der Waals surface area contributed by atoms with Crippen LogP contribution in [0.5, 0.6) is 11.5 Å². The van der Waals surface area contributed by atoms with Gasteiger partial charge in [0.2, 0.25) is 0 Å². The first kappa shape index (κ1) is 19.5. The van der Waals surface area contributed by atoms with Gasteiger partial charge in [-0.15, -0.1) is 0 Å². The number of piperazine rings is 1. The van der Waals surface area contributed by atoms with E-state index in [4.69, 9.17) is 21.7 Å². The van der Waals surface area contributed by atoms with Crippen LogP contribution < -0.4 is 14.8 Å². The van der Waals surface area contributed by atoms with Crippen molar-refractivity contribution in [2.45, 2.75) is 6.92 Å². The number of rotatable bonds is 6. The summed E-state index contributed by atoms with van der Waals surface area (Å²) < 4.78 is 11.0. The van der Waals surface area contributed by atoms with Crippen molar-refractivity contribution in [1.29, 1.82) is 0 Å². The highest BCUT2D eigenvalue weighted by Gasteiger charge is 2.18. The van der Waals surface area contributed by atoms with E-state index in [1.807, 2.05) is 24.3 Å². The van der Waals surface area contributed by atoms with E-state index < -0.39 is 0 Å². The maximum Gasteiger partial charge on any atom is 0.173 e. The average molecular weight is 386 g/mol. The average Bonchev–Trinajstić information content (AvgIpc) is 2.71. The number of hydrogen-bond acceptors (Lipinski definition) is 4.